The fraction of sp³-hybridized carbons (Fsp3) is 0.455. The number of carbonyl (C=O) groups is 1. The van der Waals surface area contributed by atoms with Crippen LogP contribution in [-0.4, -0.2) is 48.5 Å². The molecule has 2 fully saturated rings. The van der Waals surface area contributed by atoms with Crippen molar-refractivity contribution in [3.63, 3.8) is 0 Å². The van der Waals surface area contributed by atoms with Gasteiger partial charge in [0.2, 0.25) is 0 Å². The van der Waals surface area contributed by atoms with E-state index >= 15 is 0 Å². The number of aryl methyl sites for hydroxylation is 1. The second-order valence-electron chi connectivity index (χ2n) is 7.54. The molecule has 27 heavy (non-hydrogen) atoms. The lowest BCUT2D eigenvalue weighted by Crippen LogP contribution is -2.44. The topological polar surface area (TPSA) is 48.5 Å². The molecule has 3 heterocycles. The first-order chi connectivity index (χ1) is 13.2. The van der Waals surface area contributed by atoms with Crippen molar-refractivity contribution in [3.05, 3.63) is 59.3 Å². The first-order valence-electron chi connectivity index (χ1n) is 10.0. The predicted molar refractivity (Wildman–Crippen MR) is 108 cm³/mol. The molecule has 5 nitrogen and oxygen atoms in total. The number of nitrogens with one attached hydrogen (secondary N) is 1. The van der Waals surface area contributed by atoms with Crippen molar-refractivity contribution < 1.29 is 4.79 Å². The number of hydrogen-bond donors (Lipinski definition) is 1. The summed E-state index contributed by atoms with van der Waals surface area (Å²) in [6.07, 6.45) is 3.24. The highest BCUT2D eigenvalue weighted by molar-refractivity contribution is 5.93. The van der Waals surface area contributed by atoms with Gasteiger partial charge < -0.3 is 15.1 Å². The molecule has 1 atom stereocenters. The van der Waals surface area contributed by atoms with E-state index in [2.05, 4.69) is 41.4 Å². The predicted octanol–water partition coefficient (Wildman–Crippen LogP) is 3.17. The lowest BCUT2D eigenvalue weighted by Gasteiger charge is -2.36. The number of anilines is 1. The molecule has 0 bridgehead atoms. The van der Waals surface area contributed by atoms with Gasteiger partial charge in [0.05, 0.1) is 6.04 Å². The van der Waals surface area contributed by atoms with Crippen LogP contribution >= 0.6 is 0 Å². The third kappa shape index (κ3) is 3.98. The molecule has 4 rings (SSSR count). The van der Waals surface area contributed by atoms with Gasteiger partial charge in [-0.2, -0.15) is 0 Å². The Bertz CT molecular complexity index is 800. The summed E-state index contributed by atoms with van der Waals surface area (Å²) in [6.45, 7) is 6.69. The highest BCUT2D eigenvalue weighted by atomic mass is 16.2. The number of likely N-dealkylation sites (tertiary alicyclic amines) is 1. The highest BCUT2D eigenvalue weighted by Crippen LogP contribution is 2.32. The zero-order chi connectivity index (χ0) is 18.6. The number of piperazine rings is 1. The van der Waals surface area contributed by atoms with Crippen LogP contribution in [-0.2, 0) is 0 Å². The number of hydrogen-bond acceptors (Lipinski definition) is 4. The van der Waals surface area contributed by atoms with Crippen molar-refractivity contribution in [2.24, 2.45) is 0 Å². The van der Waals surface area contributed by atoms with E-state index in [4.69, 9.17) is 4.98 Å². The van der Waals surface area contributed by atoms with E-state index < -0.39 is 0 Å². The minimum absolute atomic E-state index is 0.0539. The number of amides is 1. The lowest BCUT2D eigenvalue weighted by molar-refractivity contribution is 0.0605. The smallest absolute Gasteiger partial charge is 0.273 e. The van der Waals surface area contributed by atoms with E-state index in [1.807, 2.05) is 23.1 Å². The molecule has 2 aromatic rings. The Hall–Kier alpha value is -2.40. The van der Waals surface area contributed by atoms with Gasteiger partial charge in [-0.3, -0.25) is 4.79 Å². The molecule has 5 heteroatoms. The normalized spacial score (nSPS) is 20.6. The molecule has 0 saturated carbocycles. The maximum atomic E-state index is 13.3. The van der Waals surface area contributed by atoms with Crippen LogP contribution in [0.3, 0.4) is 0 Å². The fourth-order valence-electron chi connectivity index (χ4n) is 4.16. The zero-order valence-corrected chi connectivity index (χ0v) is 16.0. The van der Waals surface area contributed by atoms with Crippen LogP contribution in [0.15, 0.2) is 42.5 Å². The molecule has 1 aromatic carbocycles. The van der Waals surface area contributed by atoms with Gasteiger partial charge >= 0.3 is 0 Å². The Morgan fingerprint density at radius 3 is 2.70 bits per heavy atom. The van der Waals surface area contributed by atoms with Crippen LogP contribution in [0.25, 0.3) is 0 Å². The molecular formula is C22H28N4O. The summed E-state index contributed by atoms with van der Waals surface area (Å²) in [5.41, 5.74) is 3.04. The SMILES string of the molecule is Cc1cccc(C2CCCCN2C(=O)c2cccc(N3CCNCC3)n2)c1. The van der Waals surface area contributed by atoms with Crippen molar-refractivity contribution in [2.45, 2.75) is 32.2 Å². The third-order valence-corrected chi connectivity index (χ3v) is 5.59. The molecule has 1 aromatic heterocycles. The quantitative estimate of drug-likeness (QED) is 0.909. The van der Waals surface area contributed by atoms with Crippen LogP contribution in [0.4, 0.5) is 5.82 Å². The lowest BCUT2D eigenvalue weighted by atomic mass is 9.94. The van der Waals surface area contributed by atoms with Crippen molar-refractivity contribution in [1.29, 1.82) is 0 Å². The van der Waals surface area contributed by atoms with Crippen LogP contribution < -0.4 is 10.2 Å². The minimum atomic E-state index is 0.0539. The molecule has 1 N–H and O–H groups in total. The van der Waals surface area contributed by atoms with Crippen LogP contribution in [0.1, 0.15) is 46.9 Å². The number of rotatable bonds is 3. The van der Waals surface area contributed by atoms with Crippen molar-refractivity contribution in [3.8, 4) is 0 Å². The molecule has 1 amide bonds. The summed E-state index contributed by atoms with van der Waals surface area (Å²) >= 11 is 0. The van der Waals surface area contributed by atoms with Crippen molar-refractivity contribution >= 4 is 11.7 Å². The van der Waals surface area contributed by atoms with Gasteiger partial charge in [-0.25, -0.2) is 4.98 Å². The summed E-state index contributed by atoms with van der Waals surface area (Å²) in [6, 6.07) is 14.5. The van der Waals surface area contributed by atoms with Gasteiger partial charge in [-0.05, 0) is 43.9 Å². The number of nitrogens with zero attached hydrogens (tertiary/aromatic N) is 3. The molecule has 0 radical (unpaired) electrons. The fourth-order valence-corrected chi connectivity index (χ4v) is 4.16. The standard InChI is InChI=1S/C22H28N4O/c1-17-6-4-7-18(16-17)20-9-2-3-13-26(20)22(27)19-8-5-10-21(24-19)25-14-11-23-12-15-25/h4-8,10,16,20,23H,2-3,9,11-15H2,1H3. The summed E-state index contributed by atoms with van der Waals surface area (Å²) < 4.78 is 0. The Morgan fingerprint density at radius 2 is 1.89 bits per heavy atom. The van der Waals surface area contributed by atoms with Crippen LogP contribution in [0.2, 0.25) is 0 Å². The Morgan fingerprint density at radius 1 is 1.07 bits per heavy atom. The van der Waals surface area contributed by atoms with Crippen molar-refractivity contribution in [1.82, 2.24) is 15.2 Å². The van der Waals surface area contributed by atoms with Gasteiger partial charge in [0, 0.05) is 32.7 Å². The first kappa shape index (κ1) is 18.0. The first-order valence-corrected chi connectivity index (χ1v) is 10.0. The van der Waals surface area contributed by atoms with Gasteiger partial charge in [0.15, 0.2) is 0 Å². The van der Waals surface area contributed by atoms with Gasteiger partial charge in [-0.15, -0.1) is 0 Å². The Balaban J connectivity index is 1.58. The largest absolute Gasteiger partial charge is 0.354 e. The third-order valence-electron chi connectivity index (χ3n) is 5.59. The number of piperidine rings is 1. The van der Waals surface area contributed by atoms with Gasteiger partial charge in [0.1, 0.15) is 11.5 Å². The summed E-state index contributed by atoms with van der Waals surface area (Å²) in [5, 5.41) is 3.36. The average Bonchev–Trinajstić information content (AvgIpc) is 2.74. The molecule has 2 aliphatic heterocycles. The monoisotopic (exact) mass is 364 g/mol. The summed E-state index contributed by atoms with van der Waals surface area (Å²) in [4.78, 5) is 22.3. The Kier molecular flexibility index (Phi) is 5.39. The van der Waals surface area contributed by atoms with Crippen LogP contribution in [0.5, 0.6) is 0 Å². The second kappa shape index (κ2) is 8.09. The van der Waals surface area contributed by atoms with Gasteiger partial charge in [0.25, 0.3) is 5.91 Å². The number of pyridine rings is 1. The minimum Gasteiger partial charge on any atom is -0.354 e. The number of carbonyl (C=O) groups excluding carboxylic acids is 1. The summed E-state index contributed by atoms with van der Waals surface area (Å²) in [7, 11) is 0. The molecule has 142 valence electrons. The summed E-state index contributed by atoms with van der Waals surface area (Å²) in [5.74, 6) is 0.963. The van der Waals surface area contributed by atoms with Crippen molar-refractivity contribution in [2.75, 3.05) is 37.6 Å². The van der Waals surface area contributed by atoms with E-state index in [-0.39, 0.29) is 11.9 Å². The Labute approximate surface area is 161 Å². The van der Waals surface area contributed by atoms with E-state index in [1.165, 1.54) is 11.1 Å². The molecule has 2 saturated heterocycles. The van der Waals surface area contributed by atoms with E-state index in [0.29, 0.717) is 5.69 Å². The molecule has 1 unspecified atom stereocenters. The second-order valence-corrected chi connectivity index (χ2v) is 7.54. The maximum Gasteiger partial charge on any atom is 0.273 e. The molecule has 0 aliphatic carbocycles. The molecular weight excluding hydrogens is 336 g/mol. The molecule has 2 aliphatic rings. The molecule has 0 spiro atoms. The van der Waals surface area contributed by atoms with E-state index in [1.54, 1.807) is 0 Å². The van der Waals surface area contributed by atoms with E-state index in [0.717, 1.165) is 57.8 Å². The zero-order valence-electron chi connectivity index (χ0n) is 16.0. The maximum absolute atomic E-state index is 13.3. The average molecular weight is 364 g/mol. The van der Waals surface area contributed by atoms with E-state index in [9.17, 15) is 4.79 Å². The highest BCUT2D eigenvalue weighted by Gasteiger charge is 2.29. The van der Waals surface area contributed by atoms with Crippen LogP contribution in [0, 0.1) is 6.92 Å². The van der Waals surface area contributed by atoms with Gasteiger partial charge in [-0.1, -0.05) is 35.9 Å². The number of aromatic nitrogens is 1. The number of benzene rings is 1.